The number of aromatic nitrogens is 2. The molecule has 2 saturated heterocycles. The molecule has 0 spiro atoms. The number of fused-ring (bicyclic) bond motifs is 1. The van der Waals surface area contributed by atoms with E-state index in [9.17, 15) is 19.8 Å². The zero-order valence-corrected chi connectivity index (χ0v) is 12.4. The summed E-state index contributed by atoms with van der Waals surface area (Å²) in [5.74, 6) is -1.51. The van der Waals surface area contributed by atoms with Gasteiger partial charge in [-0.25, -0.2) is 4.98 Å². The molecule has 1 unspecified atom stereocenters. The van der Waals surface area contributed by atoms with Crippen LogP contribution in [0.25, 0.3) is 0 Å². The summed E-state index contributed by atoms with van der Waals surface area (Å²) in [6.45, 7) is 1.92. The molecule has 0 aromatic carbocycles. The summed E-state index contributed by atoms with van der Waals surface area (Å²) in [6, 6.07) is -0.0301. The summed E-state index contributed by atoms with van der Waals surface area (Å²) < 4.78 is 0.847. The Balaban J connectivity index is 1.79. The third-order valence-corrected chi connectivity index (χ3v) is 6.02. The van der Waals surface area contributed by atoms with Gasteiger partial charge in [0.1, 0.15) is 4.75 Å². The van der Waals surface area contributed by atoms with Gasteiger partial charge in [0.2, 0.25) is 5.91 Å². The molecule has 8 heteroatoms. The van der Waals surface area contributed by atoms with Gasteiger partial charge in [0, 0.05) is 25.0 Å². The van der Waals surface area contributed by atoms with E-state index >= 15 is 0 Å². The van der Waals surface area contributed by atoms with Crippen LogP contribution < -0.4 is 0 Å². The number of imidazole rings is 1. The van der Waals surface area contributed by atoms with Gasteiger partial charge in [-0.15, -0.1) is 11.8 Å². The highest BCUT2D eigenvalue weighted by molar-refractivity contribution is 8.02. The van der Waals surface area contributed by atoms with Gasteiger partial charge in [-0.2, -0.15) is 0 Å². The molecular formula is C13H17N3O4S. The number of aliphatic hydroxyl groups excluding tert-OH is 1. The maximum absolute atomic E-state index is 11.8. The Morgan fingerprint density at radius 3 is 3.00 bits per heavy atom. The number of hydrogen-bond donors (Lipinski definition) is 2. The fourth-order valence-electron chi connectivity index (χ4n) is 3.05. The van der Waals surface area contributed by atoms with Gasteiger partial charge >= 0.3 is 5.97 Å². The molecule has 114 valence electrons. The maximum Gasteiger partial charge on any atom is 0.321 e. The van der Waals surface area contributed by atoms with Crippen molar-refractivity contribution in [1.29, 1.82) is 0 Å². The zero-order valence-electron chi connectivity index (χ0n) is 11.5. The lowest BCUT2D eigenvalue weighted by Crippen LogP contribution is -2.58. The minimum Gasteiger partial charge on any atom is -0.480 e. The van der Waals surface area contributed by atoms with Crippen molar-refractivity contribution in [1.82, 2.24) is 14.5 Å². The highest BCUT2D eigenvalue weighted by Gasteiger charge is 2.61. The summed E-state index contributed by atoms with van der Waals surface area (Å²) in [4.78, 5) is 29.2. The molecule has 4 atom stereocenters. The average Bonchev–Trinajstić information content (AvgIpc) is 3.06. The van der Waals surface area contributed by atoms with Crippen LogP contribution in [0.4, 0.5) is 0 Å². The number of aliphatic hydroxyl groups is 1. The Hall–Kier alpha value is -1.54. The third-order valence-electron chi connectivity index (χ3n) is 4.27. The minimum atomic E-state index is -1.02. The van der Waals surface area contributed by atoms with Crippen LogP contribution in [0, 0.1) is 5.92 Å². The Morgan fingerprint density at radius 1 is 1.67 bits per heavy atom. The second-order valence-electron chi connectivity index (χ2n) is 5.63. The van der Waals surface area contributed by atoms with Crippen molar-refractivity contribution in [2.45, 2.75) is 29.5 Å². The van der Waals surface area contributed by atoms with Crippen molar-refractivity contribution in [3.8, 4) is 0 Å². The molecule has 2 aliphatic heterocycles. The monoisotopic (exact) mass is 311 g/mol. The standard InChI is InChI=1S/C13H17N3O4S/c1-8(15-3-2-14-7-15)4-13(12(19)20)6-16-10(18)9(5-17)11(16)21-13/h2-3,7-9,11,17H,4-6H2,1H3,(H,19,20)/t8-,9+,11-,13?/m1/s1. The first-order valence-electron chi connectivity index (χ1n) is 6.78. The molecule has 1 amide bonds. The Bertz CT molecular complexity index is 564. The van der Waals surface area contributed by atoms with Crippen LogP contribution in [0.5, 0.6) is 0 Å². The molecule has 7 nitrogen and oxygen atoms in total. The van der Waals surface area contributed by atoms with E-state index in [0.29, 0.717) is 6.42 Å². The van der Waals surface area contributed by atoms with E-state index in [1.165, 1.54) is 11.8 Å². The molecule has 0 radical (unpaired) electrons. The topological polar surface area (TPSA) is 95.7 Å². The first kappa shape index (κ1) is 14.4. The number of aliphatic carboxylic acids is 1. The first-order valence-corrected chi connectivity index (χ1v) is 7.66. The number of hydrogen-bond acceptors (Lipinski definition) is 5. The highest BCUT2D eigenvalue weighted by atomic mass is 32.2. The zero-order chi connectivity index (χ0) is 15.2. The van der Waals surface area contributed by atoms with Crippen LogP contribution in [0.15, 0.2) is 18.7 Å². The van der Waals surface area contributed by atoms with Crippen LogP contribution in [0.2, 0.25) is 0 Å². The van der Waals surface area contributed by atoms with E-state index in [1.54, 1.807) is 23.6 Å². The summed E-state index contributed by atoms with van der Waals surface area (Å²) in [5, 5.41) is 18.7. The molecule has 1 aromatic heterocycles. The van der Waals surface area contributed by atoms with Gasteiger partial charge in [0.15, 0.2) is 0 Å². The number of β-lactam (4-membered cyclic amide) rings is 1. The molecular weight excluding hydrogens is 294 g/mol. The molecule has 2 fully saturated rings. The predicted molar refractivity (Wildman–Crippen MR) is 75.6 cm³/mol. The molecule has 0 aliphatic carbocycles. The summed E-state index contributed by atoms with van der Waals surface area (Å²) in [6.07, 6.45) is 5.53. The maximum atomic E-state index is 11.8. The first-order chi connectivity index (χ1) is 9.98. The number of amides is 1. The quantitative estimate of drug-likeness (QED) is 0.753. The molecule has 0 bridgehead atoms. The number of rotatable bonds is 5. The van der Waals surface area contributed by atoms with Crippen molar-refractivity contribution < 1.29 is 19.8 Å². The van der Waals surface area contributed by atoms with Crippen molar-refractivity contribution >= 4 is 23.6 Å². The number of carbonyl (C=O) groups is 2. The van der Waals surface area contributed by atoms with E-state index in [-0.39, 0.29) is 30.5 Å². The SMILES string of the molecule is C[C@H](CC1(C(=O)O)CN2C(=O)[C@H](CO)[C@H]2S1)n1ccnc1. The number of carboxylic acid groups (broad SMARTS) is 1. The molecule has 2 aliphatic rings. The average molecular weight is 311 g/mol. The lowest BCUT2D eigenvalue weighted by atomic mass is 9.94. The molecule has 0 saturated carbocycles. The summed E-state index contributed by atoms with van der Waals surface area (Å²) >= 11 is 1.29. The third kappa shape index (κ3) is 2.13. The van der Waals surface area contributed by atoms with E-state index in [2.05, 4.69) is 4.98 Å². The van der Waals surface area contributed by atoms with Crippen molar-refractivity contribution in [2.75, 3.05) is 13.2 Å². The molecule has 3 heterocycles. The highest BCUT2D eigenvalue weighted by Crippen LogP contribution is 2.52. The van der Waals surface area contributed by atoms with Crippen molar-refractivity contribution in [2.24, 2.45) is 5.92 Å². The van der Waals surface area contributed by atoms with E-state index in [4.69, 9.17) is 0 Å². The largest absolute Gasteiger partial charge is 0.480 e. The van der Waals surface area contributed by atoms with Gasteiger partial charge < -0.3 is 19.7 Å². The van der Waals surface area contributed by atoms with Gasteiger partial charge in [-0.1, -0.05) is 0 Å². The summed E-state index contributed by atoms with van der Waals surface area (Å²) in [5.41, 5.74) is 0. The lowest BCUT2D eigenvalue weighted by Gasteiger charge is -2.40. The summed E-state index contributed by atoms with van der Waals surface area (Å²) in [7, 11) is 0. The van der Waals surface area contributed by atoms with E-state index < -0.39 is 16.6 Å². The smallest absolute Gasteiger partial charge is 0.321 e. The second kappa shape index (κ2) is 5.03. The Morgan fingerprint density at radius 2 is 2.43 bits per heavy atom. The fraction of sp³-hybridized carbons (Fsp3) is 0.615. The number of nitrogens with zero attached hydrogens (tertiary/aromatic N) is 3. The van der Waals surface area contributed by atoms with E-state index in [0.717, 1.165) is 0 Å². The Labute approximate surface area is 126 Å². The number of carbonyl (C=O) groups excluding carboxylic acids is 1. The molecule has 2 N–H and O–H groups in total. The van der Waals surface area contributed by atoms with Crippen LogP contribution in [-0.4, -0.2) is 59.8 Å². The van der Waals surface area contributed by atoms with Gasteiger partial charge in [-0.3, -0.25) is 9.59 Å². The Kier molecular flexibility index (Phi) is 3.45. The van der Waals surface area contributed by atoms with Crippen LogP contribution in [0.1, 0.15) is 19.4 Å². The fourth-order valence-corrected chi connectivity index (χ4v) is 4.84. The van der Waals surface area contributed by atoms with Crippen molar-refractivity contribution in [3.05, 3.63) is 18.7 Å². The predicted octanol–water partition coefficient (Wildman–Crippen LogP) is 0.181. The molecule has 3 rings (SSSR count). The lowest BCUT2D eigenvalue weighted by molar-refractivity contribution is -0.152. The van der Waals surface area contributed by atoms with Crippen molar-refractivity contribution in [3.63, 3.8) is 0 Å². The minimum absolute atomic E-state index is 0.0301. The van der Waals surface area contributed by atoms with Gasteiger partial charge in [0.05, 0.1) is 24.2 Å². The van der Waals surface area contributed by atoms with Crippen LogP contribution in [0.3, 0.4) is 0 Å². The number of carboxylic acids is 1. The van der Waals surface area contributed by atoms with Crippen LogP contribution in [-0.2, 0) is 9.59 Å². The molecule has 21 heavy (non-hydrogen) atoms. The molecule has 1 aromatic rings. The second-order valence-corrected chi connectivity index (χ2v) is 7.13. The van der Waals surface area contributed by atoms with E-state index in [1.807, 2.05) is 11.5 Å². The van der Waals surface area contributed by atoms with Gasteiger partial charge in [-0.05, 0) is 13.3 Å². The number of thioether (sulfide) groups is 1. The normalized spacial score (nSPS) is 32.7. The van der Waals surface area contributed by atoms with Crippen LogP contribution >= 0.6 is 11.8 Å². The van der Waals surface area contributed by atoms with Gasteiger partial charge in [0.25, 0.3) is 0 Å².